The van der Waals surface area contributed by atoms with E-state index >= 15 is 0 Å². The molecule has 2 aliphatic heterocycles. The van der Waals surface area contributed by atoms with Crippen LogP contribution in [0.15, 0.2) is 48.5 Å². The van der Waals surface area contributed by atoms with Crippen LogP contribution < -0.4 is 4.90 Å². The van der Waals surface area contributed by atoms with E-state index < -0.39 is 17.6 Å². The van der Waals surface area contributed by atoms with Crippen LogP contribution in [0.4, 0.5) is 14.5 Å². The minimum absolute atomic E-state index is 0.0314. The SMILES string of the molecule is O=C1CC(C(=O)N2CCCC2Cc2ccccc2)CN1c1ccc(F)cc1F. The van der Waals surface area contributed by atoms with Crippen LogP contribution >= 0.6 is 0 Å². The molecule has 2 amide bonds. The van der Waals surface area contributed by atoms with Crippen LogP contribution in [0.1, 0.15) is 24.8 Å². The van der Waals surface area contributed by atoms with E-state index in [1.807, 2.05) is 23.1 Å². The van der Waals surface area contributed by atoms with Crippen molar-refractivity contribution < 1.29 is 18.4 Å². The number of hydrogen-bond donors (Lipinski definition) is 0. The predicted molar refractivity (Wildman–Crippen MR) is 102 cm³/mol. The summed E-state index contributed by atoms with van der Waals surface area (Å²) in [7, 11) is 0. The lowest BCUT2D eigenvalue weighted by molar-refractivity contribution is -0.136. The number of hydrogen-bond acceptors (Lipinski definition) is 2. The summed E-state index contributed by atoms with van der Waals surface area (Å²) in [5.41, 5.74) is 1.22. The fraction of sp³-hybridized carbons (Fsp3) is 0.364. The summed E-state index contributed by atoms with van der Waals surface area (Å²) in [6.45, 7) is 0.820. The molecule has 0 aliphatic carbocycles. The first-order valence-corrected chi connectivity index (χ1v) is 9.63. The fourth-order valence-corrected chi connectivity index (χ4v) is 4.26. The number of nitrogens with zero attached hydrogens (tertiary/aromatic N) is 2. The van der Waals surface area contributed by atoms with Crippen molar-refractivity contribution >= 4 is 17.5 Å². The average molecular weight is 384 g/mol. The van der Waals surface area contributed by atoms with Gasteiger partial charge in [0.25, 0.3) is 0 Å². The maximum absolute atomic E-state index is 14.1. The zero-order valence-electron chi connectivity index (χ0n) is 15.5. The number of amides is 2. The summed E-state index contributed by atoms with van der Waals surface area (Å²) < 4.78 is 27.2. The Morgan fingerprint density at radius 3 is 2.64 bits per heavy atom. The van der Waals surface area contributed by atoms with Crippen molar-refractivity contribution in [2.75, 3.05) is 18.0 Å². The highest BCUT2D eigenvalue weighted by atomic mass is 19.1. The molecule has 2 aromatic rings. The second-order valence-corrected chi connectivity index (χ2v) is 7.52. The normalized spacial score (nSPS) is 22.1. The highest BCUT2D eigenvalue weighted by Gasteiger charge is 2.40. The number of anilines is 1. The molecule has 2 aliphatic rings. The summed E-state index contributed by atoms with van der Waals surface area (Å²) in [6, 6.07) is 13.3. The third-order valence-electron chi connectivity index (χ3n) is 5.65. The van der Waals surface area contributed by atoms with E-state index in [0.29, 0.717) is 6.54 Å². The number of benzene rings is 2. The molecular weight excluding hydrogens is 362 g/mol. The lowest BCUT2D eigenvalue weighted by Gasteiger charge is -2.27. The Bertz CT molecular complexity index is 887. The van der Waals surface area contributed by atoms with E-state index in [0.717, 1.165) is 31.4 Å². The molecule has 6 heteroatoms. The van der Waals surface area contributed by atoms with Crippen molar-refractivity contribution in [1.29, 1.82) is 0 Å². The van der Waals surface area contributed by atoms with Crippen molar-refractivity contribution in [3.8, 4) is 0 Å². The third-order valence-corrected chi connectivity index (χ3v) is 5.65. The van der Waals surface area contributed by atoms with Gasteiger partial charge >= 0.3 is 0 Å². The smallest absolute Gasteiger partial charge is 0.228 e. The van der Waals surface area contributed by atoms with Gasteiger partial charge in [-0.2, -0.15) is 0 Å². The van der Waals surface area contributed by atoms with Gasteiger partial charge in [-0.15, -0.1) is 0 Å². The average Bonchev–Trinajstić information content (AvgIpc) is 3.29. The molecular formula is C22H22F2N2O2. The summed E-state index contributed by atoms with van der Waals surface area (Å²) in [4.78, 5) is 28.7. The molecule has 0 N–H and O–H groups in total. The summed E-state index contributed by atoms with van der Waals surface area (Å²) in [5, 5.41) is 0. The van der Waals surface area contributed by atoms with Gasteiger partial charge in [0.2, 0.25) is 11.8 Å². The van der Waals surface area contributed by atoms with Gasteiger partial charge in [-0.1, -0.05) is 30.3 Å². The van der Waals surface area contributed by atoms with Gasteiger partial charge in [0.1, 0.15) is 11.6 Å². The molecule has 4 rings (SSSR count). The maximum Gasteiger partial charge on any atom is 0.228 e. The van der Waals surface area contributed by atoms with Crippen LogP contribution in [-0.4, -0.2) is 35.8 Å². The van der Waals surface area contributed by atoms with Gasteiger partial charge in [-0.25, -0.2) is 8.78 Å². The topological polar surface area (TPSA) is 40.6 Å². The second kappa shape index (κ2) is 7.70. The van der Waals surface area contributed by atoms with Gasteiger partial charge in [-0.3, -0.25) is 9.59 Å². The van der Waals surface area contributed by atoms with Gasteiger partial charge in [0.15, 0.2) is 0 Å². The van der Waals surface area contributed by atoms with Crippen molar-refractivity contribution in [3.63, 3.8) is 0 Å². The van der Waals surface area contributed by atoms with Crippen molar-refractivity contribution in [3.05, 3.63) is 65.7 Å². The van der Waals surface area contributed by atoms with Gasteiger partial charge in [0.05, 0.1) is 11.6 Å². The molecule has 4 nitrogen and oxygen atoms in total. The number of carbonyl (C=O) groups excluding carboxylic acids is 2. The summed E-state index contributed by atoms with van der Waals surface area (Å²) >= 11 is 0. The molecule has 146 valence electrons. The van der Waals surface area contributed by atoms with Crippen LogP contribution in [0.3, 0.4) is 0 Å². The highest BCUT2D eigenvalue weighted by Crippen LogP contribution is 2.31. The van der Waals surface area contributed by atoms with Gasteiger partial charge in [0, 0.05) is 31.6 Å². The van der Waals surface area contributed by atoms with E-state index in [2.05, 4.69) is 12.1 Å². The highest BCUT2D eigenvalue weighted by molar-refractivity contribution is 6.00. The zero-order chi connectivity index (χ0) is 19.7. The number of carbonyl (C=O) groups is 2. The standard InChI is InChI=1S/C22H22F2N2O2/c23-17-8-9-20(19(24)13-17)26-14-16(12-21(26)27)22(28)25-10-4-7-18(25)11-15-5-2-1-3-6-15/h1-3,5-6,8-9,13,16,18H,4,7,10-12,14H2. The molecule has 0 radical (unpaired) electrons. The minimum atomic E-state index is -0.787. The monoisotopic (exact) mass is 384 g/mol. The minimum Gasteiger partial charge on any atom is -0.339 e. The molecule has 2 heterocycles. The van der Waals surface area contributed by atoms with Crippen molar-refractivity contribution in [1.82, 2.24) is 4.90 Å². The summed E-state index contributed by atoms with van der Waals surface area (Å²) in [6.07, 6.45) is 2.74. The lowest BCUT2D eigenvalue weighted by Crippen LogP contribution is -2.41. The molecule has 0 spiro atoms. The molecule has 0 bridgehead atoms. The van der Waals surface area contributed by atoms with E-state index in [-0.39, 0.29) is 36.5 Å². The Morgan fingerprint density at radius 1 is 1.11 bits per heavy atom. The molecule has 2 fully saturated rings. The molecule has 0 aromatic heterocycles. The van der Waals surface area contributed by atoms with Crippen LogP contribution in [0.2, 0.25) is 0 Å². The largest absolute Gasteiger partial charge is 0.339 e. The second-order valence-electron chi connectivity index (χ2n) is 7.52. The molecule has 2 saturated heterocycles. The van der Waals surface area contributed by atoms with Crippen LogP contribution in [0.25, 0.3) is 0 Å². The zero-order valence-corrected chi connectivity index (χ0v) is 15.5. The lowest BCUT2D eigenvalue weighted by atomic mass is 10.0. The number of rotatable bonds is 4. The van der Waals surface area contributed by atoms with E-state index in [4.69, 9.17) is 0 Å². The number of likely N-dealkylation sites (tertiary alicyclic amines) is 1. The van der Waals surface area contributed by atoms with Gasteiger partial charge < -0.3 is 9.80 Å². The van der Waals surface area contributed by atoms with Crippen LogP contribution in [-0.2, 0) is 16.0 Å². The fourth-order valence-electron chi connectivity index (χ4n) is 4.26. The molecule has 2 unspecified atom stereocenters. The Morgan fingerprint density at radius 2 is 1.89 bits per heavy atom. The van der Waals surface area contributed by atoms with E-state index in [9.17, 15) is 18.4 Å². The predicted octanol–water partition coefficient (Wildman–Crippen LogP) is 3.55. The maximum atomic E-state index is 14.1. The van der Waals surface area contributed by atoms with E-state index in [1.54, 1.807) is 0 Å². The molecule has 2 aromatic carbocycles. The molecule has 28 heavy (non-hydrogen) atoms. The van der Waals surface area contributed by atoms with Crippen LogP contribution in [0, 0.1) is 17.6 Å². The first kappa shape index (κ1) is 18.6. The van der Waals surface area contributed by atoms with Crippen molar-refractivity contribution in [2.45, 2.75) is 31.7 Å². The molecule has 0 saturated carbocycles. The summed E-state index contributed by atoms with van der Waals surface area (Å²) in [5.74, 6) is -2.32. The quantitative estimate of drug-likeness (QED) is 0.809. The third kappa shape index (κ3) is 3.63. The first-order chi connectivity index (χ1) is 13.5. The van der Waals surface area contributed by atoms with Gasteiger partial charge in [-0.05, 0) is 37.0 Å². The number of halogens is 2. The molecule has 2 atom stereocenters. The van der Waals surface area contributed by atoms with E-state index in [1.165, 1.54) is 16.5 Å². The Hall–Kier alpha value is -2.76. The van der Waals surface area contributed by atoms with Crippen molar-refractivity contribution in [2.24, 2.45) is 5.92 Å². The first-order valence-electron chi connectivity index (χ1n) is 9.63. The Labute approximate surface area is 162 Å². The van der Waals surface area contributed by atoms with Crippen LogP contribution in [0.5, 0.6) is 0 Å². The Kier molecular flexibility index (Phi) is 5.11. The Balaban J connectivity index is 1.47.